The predicted octanol–water partition coefficient (Wildman–Crippen LogP) is 2.33. The molecule has 0 atom stereocenters. The summed E-state index contributed by atoms with van der Waals surface area (Å²) in [5.74, 6) is 0.180. The van der Waals surface area contributed by atoms with Gasteiger partial charge < -0.3 is 16.5 Å². The molecule has 2 aromatic rings. The molecule has 1 heterocycles. The van der Waals surface area contributed by atoms with Gasteiger partial charge in [-0.15, -0.1) is 0 Å². The smallest absolute Gasteiger partial charge is 0.272 e. The predicted molar refractivity (Wildman–Crippen MR) is 109 cm³/mol. The second-order valence-corrected chi connectivity index (χ2v) is 7.42. The van der Waals surface area contributed by atoms with Gasteiger partial charge in [0.15, 0.2) is 0 Å². The molecule has 0 spiro atoms. The van der Waals surface area contributed by atoms with Crippen molar-refractivity contribution in [1.29, 1.82) is 0 Å². The maximum atomic E-state index is 12.6. The van der Waals surface area contributed by atoms with E-state index >= 15 is 0 Å². The van der Waals surface area contributed by atoms with Crippen molar-refractivity contribution in [3.05, 3.63) is 68.1 Å². The van der Waals surface area contributed by atoms with Gasteiger partial charge in [-0.1, -0.05) is 31.5 Å². The fourth-order valence-electron chi connectivity index (χ4n) is 2.66. The summed E-state index contributed by atoms with van der Waals surface area (Å²) in [4.78, 5) is 25.1. The molecule has 0 aliphatic carbocycles. The minimum atomic E-state index is -0.222. The Balaban J connectivity index is 2.08. The number of hydrogen-bond donors (Lipinski definition) is 3. The van der Waals surface area contributed by atoms with Crippen molar-refractivity contribution in [3.63, 3.8) is 0 Å². The summed E-state index contributed by atoms with van der Waals surface area (Å²) in [5, 5.41) is 3.44. The number of hydrogen-bond acceptors (Lipinski definition) is 4. The number of nitrogens with two attached hydrogens (primary N) is 1. The quantitative estimate of drug-likeness (QED) is 0.645. The van der Waals surface area contributed by atoms with Crippen LogP contribution in [-0.2, 0) is 24.3 Å². The number of amides is 1. The molecule has 27 heavy (non-hydrogen) atoms. The fourth-order valence-corrected chi connectivity index (χ4v) is 2.86. The van der Waals surface area contributed by atoms with Crippen LogP contribution in [0.1, 0.15) is 36.1 Å². The zero-order valence-electron chi connectivity index (χ0n) is 16.0. The first-order valence-electron chi connectivity index (χ1n) is 9.01. The Morgan fingerprint density at radius 1 is 1.26 bits per heavy atom. The van der Waals surface area contributed by atoms with Crippen molar-refractivity contribution in [2.45, 2.75) is 40.3 Å². The number of benzene rings is 1. The summed E-state index contributed by atoms with van der Waals surface area (Å²) in [6, 6.07) is 7.25. The molecule has 0 unspecified atom stereocenters. The maximum Gasteiger partial charge on any atom is 0.272 e. The van der Waals surface area contributed by atoms with Gasteiger partial charge >= 0.3 is 0 Å². The van der Waals surface area contributed by atoms with Crippen molar-refractivity contribution in [3.8, 4) is 0 Å². The van der Waals surface area contributed by atoms with Gasteiger partial charge in [-0.25, -0.2) is 4.68 Å². The average Bonchev–Trinajstić information content (AvgIpc) is 2.62. The summed E-state index contributed by atoms with van der Waals surface area (Å²) in [6.45, 7) is 7.31. The van der Waals surface area contributed by atoms with Crippen molar-refractivity contribution < 1.29 is 4.79 Å². The average molecular weight is 391 g/mol. The number of nitrogens with one attached hydrogen (secondary N) is 2. The molecule has 1 aromatic heterocycles. The minimum Gasteiger partial charge on any atom is -0.352 e. The first-order valence-corrected chi connectivity index (χ1v) is 9.38. The van der Waals surface area contributed by atoms with Crippen LogP contribution in [-0.4, -0.2) is 17.1 Å². The van der Waals surface area contributed by atoms with E-state index in [9.17, 15) is 9.59 Å². The Kier molecular flexibility index (Phi) is 7.45. The van der Waals surface area contributed by atoms with E-state index in [2.05, 4.69) is 24.6 Å². The van der Waals surface area contributed by atoms with E-state index < -0.39 is 0 Å². The van der Waals surface area contributed by atoms with Gasteiger partial charge in [0.1, 0.15) is 0 Å². The molecule has 2 rings (SSSR count). The molecule has 6 nitrogen and oxygen atoms in total. The zero-order valence-corrected chi connectivity index (χ0v) is 16.8. The Hall–Kier alpha value is -2.31. The van der Waals surface area contributed by atoms with Gasteiger partial charge in [-0.3, -0.25) is 9.59 Å². The first kappa shape index (κ1) is 21.0. The Morgan fingerprint density at radius 3 is 2.67 bits per heavy atom. The van der Waals surface area contributed by atoms with Gasteiger partial charge in [0, 0.05) is 36.4 Å². The van der Waals surface area contributed by atoms with Crippen LogP contribution in [0.2, 0.25) is 5.02 Å². The molecule has 146 valence electrons. The molecule has 0 radical (unpaired) electrons. The van der Waals surface area contributed by atoms with Crippen LogP contribution in [0.5, 0.6) is 0 Å². The number of aryl methyl sites for hydroxylation is 1. The van der Waals surface area contributed by atoms with Crippen LogP contribution >= 0.6 is 11.6 Å². The summed E-state index contributed by atoms with van der Waals surface area (Å²) < 4.78 is 1.44. The van der Waals surface area contributed by atoms with Crippen LogP contribution in [0.3, 0.4) is 0 Å². The van der Waals surface area contributed by atoms with Crippen molar-refractivity contribution >= 4 is 17.5 Å². The van der Waals surface area contributed by atoms with Gasteiger partial charge in [0.05, 0.1) is 6.42 Å². The highest BCUT2D eigenvalue weighted by molar-refractivity contribution is 6.30. The summed E-state index contributed by atoms with van der Waals surface area (Å²) in [5.41, 5.74) is 11.7. The molecule has 4 N–H and O–H groups in total. The highest BCUT2D eigenvalue weighted by Gasteiger charge is 2.13. The van der Waals surface area contributed by atoms with Crippen molar-refractivity contribution in [2.24, 2.45) is 11.7 Å². The van der Waals surface area contributed by atoms with E-state index in [1.54, 1.807) is 18.3 Å². The Morgan fingerprint density at radius 2 is 2.00 bits per heavy atom. The summed E-state index contributed by atoms with van der Waals surface area (Å²) >= 11 is 6.03. The second kappa shape index (κ2) is 9.58. The van der Waals surface area contributed by atoms with Crippen LogP contribution in [0.15, 0.2) is 35.3 Å². The largest absolute Gasteiger partial charge is 0.352 e. The number of rotatable bonds is 8. The summed E-state index contributed by atoms with van der Waals surface area (Å²) in [7, 11) is 0. The Bertz CT molecular complexity index is 862. The second-order valence-electron chi connectivity index (χ2n) is 6.98. The van der Waals surface area contributed by atoms with Gasteiger partial charge in [-0.05, 0) is 47.7 Å². The summed E-state index contributed by atoms with van der Waals surface area (Å²) in [6.07, 6.45) is 1.72. The van der Waals surface area contributed by atoms with Crippen LogP contribution < -0.4 is 22.0 Å². The van der Waals surface area contributed by atoms with Crippen LogP contribution in [0, 0.1) is 12.8 Å². The lowest BCUT2D eigenvalue weighted by Crippen LogP contribution is -2.35. The van der Waals surface area contributed by atoms with E-state index in [0.717, 1.165) is 16.7 Å². The Labute approximate surface area is 164 Å². The normalized spacial score (nSPS) is 10.9. The number of nitrogens with zero attached hydrogens (tertiary/aromatic N) is 1. The lowest BCUT2D eigenvalue weighted by Gasteiger charge is -2.14. The third-order valence-corrected chi connectivity index (χ3v) is 4.53. The van der Waals surface area contributed by atoms with Gasteiger partial charge in [-0.2, -0.15) is 0 Å². The maximum absolute atomic E-state index is 12.6. The molecule has 0 aliphatic rings. The van der Waals surface area contributed by atoms with Crippen LogP contribution in [0.25, 0.3) is 0 Å². The number of carbonyl (C=O) groups is 1. The van der Waals surface area contributed by atoms with E-state index in [0.29, 0.717) is 36.1 Å². The number of aromatic nitrogens is 1. The highest BCUT2D eigenvalue weighted by atomic mass is 35.5. The number of carbonyl (C=O) groups excluding carboxylic acids is 1. The highest BCUT2D eigenvalue weighted by Crippen LogP contribution is 2.15. The SMILES string of the molecule is Cc1ccn(NCC(C)C)c(=O)c1CC(=O)NCc1cc(Cl)ccc1CN. The van der Waals surface area contributed by atoms with Gasteiger partial charge in [0.2, 0.25) is 5.91 Å². The fraction of sp³-hybridized carbons (Fsp3) is 0.400. The molecule has 0 bridgehead atoms. The topological polar surface area (TPSA) is 89.2 Å². The van der Waals surface area contributed by atoms with Crippen molar-refractivity contribution in [1.82, 2.24) is 9.99 Å². The molecule has 0 saturated carbocycles. The van der Waals surface area contributed by atoms with E-state index in [1.165, 1.54) is 4.68 Å². The minimum absolute atomic E-state index is 0.0212. The molecule has 7 heteroatoms. The molecular formula is C20H27ClN4O2. The lowest BCUT2D eigenvalue weighted by atomic mass is 10.1. The lowest BCUT2D eigenvalue weighted by molar-refractivity contribution is -0.120. The monoisotopic (exact) mass is 390 g/mol. The third kappa shape index (κ3) is 5.84. The molecule has 0 fully saturated rings. The van der Waals surface area contributed by atoms with E-state index in [1.807, 2.05) is 19.1 Å². The molecule has 1 amide bonds. The van der Waals surface area contributed by atoms with Crippen molar-refractivity contribution in [2.75, 3.05) is 12.0 Å². The standard InChI is InChI=1S/C20H27ClN4O2/c1-13(2)11-24-25-7-6-14(3)18(20(25)27)9-19(26)23-12-16-8-17(21)5-4-15(16)10-22/h4-8,13,24H,9-12,22H2,1-3H3,(H,23,26). The number of halogens is 1. The molecule has 0 saturated heterocycles. The van der Waals surface area contributed by atoms with E-state index in [-0.39, 0.29) is 17.9 Å². The van der Waals surface area contributed by atoms with Gasteiger partial charge in [0.25, 0.3) is 5.56 Å². The molecule has 0 aliphatic heterocycles. The first-order chi connectivity index (χ1) is 12.8. The molecule has 1 aromatic carbocycles. The van der Waals surface area contributed by atoms with Crippen LogP contribution in [0.4, 0.5) is 0 Å². The number of pyridine rings is 1. The van der Waals surface area contributed by atoms with E-state index in [4.69, 9.17) is 17.3 Å². The molecular weight excluding hydrogens is 364 g/mol. The zero-order chi connectivity index (χ0) is 20.0. The third-order valence-electron chi connectivity index (χ3n) is 4.30.